The summed E-state index contributed by atoms with van der Waals surface area (Å²) in [5.74, 6) is 0.372. The van der Waals surface area contributed by atoms with Gasteiger partial charge in [0.25, 0.3) is 5.91 Å². The van der Waals surface area contributed by atoms with E-state index in [1.165, 1.54) is 11.1 Å². The van der Waals surface area contributed by atoms with Crippen molar-refractivity contribution in [3.63, 3.8) is 0 Å². The Morgan fingerprint density at radius 2 is 1.90 bits per heavy atom. The molecule has 1 aromatic carbocycles. The molecule has 160 valence electrons. The van der Waals surface area contributed by atoms with Gasteiger partial charge >= 0.3 is 0 Å². The molecule has 0 fully saturated rings. The van der Waals surface area contributed by atoms with Gasteiger partial charge in [0, 0.05) is 44.1 Å². The molecule has 31 heavy (non-hydrogen) atoms. The van der Waals surface area contributed by atoms with Crippen molar-refractivity contribution in [2.45, 2.75) is 25.6 Å². The number of β-amino-alcohol motifs (C(OH)–C–C–N with tert-alkyl or cyclic N) is 1. The Bertz CT molecular complexity index is 1010. The SMILES string of the molecule is O=C(NCC(O)CN1CCc2ccccc2C1)c1ccnc(NCc2ccccn2)c1. The number of hydrogen-bond acceptors (Lipinski definition) is 6. The number of anilines is 1. The summed E-state index contributed by atoms with van der Waals surface area (Å²) in [5.41, 5.74) is 4.08. The summed E-state index contributed by atoms with van der Waals surface area (Å²) in [5, 5.41) is 16.4. The third-order valence-corrected chi connectivity index (χ3v) is 5.38. The summed E-state index contributed by atoms with van der Waals surface area (Å²) in [4.78, 5) is 23.3. The van der Waals surface area contributed by atoms with Gasteiger partial charge in [0.1, 0.15) is 5.82 Å². The van der Waals surface area contributed by atoms with Crippen molar-refractivity contribution in [3.05, 3.63) is 89.4 Å². The molecule has 3 aromatic rings. The Kier molecular flexibility index (Phi) is 6.86. The van der Waals surface area contributed by atoms with Crippen molar-refractivity contribution < 1.29 is 9.90 Å². The van der Waals surface area contributed by atoms with Gasteiger partial charge in [0.15, 0.2) is 0 Å². The van der Waals surface area contributed by atoms with Gasteiger partial charge in [-0.25, -0.2) is 4.98 Å². The maximum atomic E-state index is 12.5. The first kappa shape index (κ1) is 21.0. The molecule has 0 saturated carbocycles. The zero-order chi connectivity index (χ0) is 21.5. The number of aliphatic hydroxyl groups is 1. The predicted octanol–water partition coefficient (Wildman–Crippen LogP) is 2.24. The molecule has 1 unspecified atom stereocenters. The van der Waals surface area contributed by atoms with Gasteiger partial charge in [-0.1, -0.05) is 30.3 Å². The second kappa shape index (κ2) is 10.1. The van der Waals surface area contributed by atoms with Gasteiger partial charge in [-0.2, -0.15) is 0 Å². The Morgan fingerprint density at radius 1 is 1.06 bits per heavy atom. The van der Waals surface area contributed by atoms with E-state index in [0.29, 0.717) is 24.5 Å². The van der Waals surface area contributed by atoms with Crippen molar-refractivity contribution in [2.24, 2.45) is 0 Å². The Morgan fingerprint density at radius 3 is 2.74 bits per heavy atom. The van der Waals surface area contributed by atoms with Crippen molar-refractivity contribution in [1.29, 1.82) is 0 Å². The van der Waals surface area contributed by atoms with Crippen LogP contribution in [-0.2, 0) is 19.5 Å². The van der Waals surface area contributed by atoms with Gasteiger partial charge in [-0.05, 0) is 41.8 Å². The average molecular weight is 418 g/mol. The van der Waals surface area contributed by atoms with Gasteiger partial charge in [-0.3, -0.25) is 14.7 Å². The molecule has 0 spiro atoms. The highest BCUT2D eigenvalue weighted by atomic mass is 16.3. The lowest BCUT2D eigenvalue weighted by molar-refractivity contribution is 0.0842. The predicted molar refractivity (Wildman–Crippen MR) is 120 cm³/mol. The van der Waals surface area contributed by atoms with Crippen LogP contribution < -0.4 is 10.6 Å². The zero-order valence-corrected chi connectivity index (χ0v) is 17.4. The molecule has 0 aliphatic carbocycles. The molecule has 1 amide bonds. The number of carbonyl (C=O) groups is 1. The molecule has 0 radical (unpaired) electrons. The number of fused-ring (bicyclic) bond motifs is 1. The van der Waals surface area contributed by atoms with Crippen molar-refractivity contribution in [1.82, 2.24) is 20.2 Å². The normalized spacial score (nSPS) is 14.5. The Hall–Kier alpha value is -3.29. The molecule has 1 atom stereocenters. The molecule has 0 bridgehead atoms. The number of pyridine rings is 2. The van der Waals surface area contributed by atoms with E-state index >= 15 is 0 Å². The third-order valence-electron chi connectivity index (χ3n) is 5.38. The van der Waals surface area contributed by atoms with Gasteiger partial charge in [-0.15, -0.1) is 0 Å². The van der Waals surface area contributed by atoms with Crippen LogP contribution in [0.4, 0.5) is 5.82 Å². The number of nitrogens with zero attached hydrogens (tertiary/aromatic N) is 3. The molecule has 1 aliphatic heterocycles. The van der Waals surface area contributed by atoms with Crippen LogP contribution in [0.1, 0.15) is 27.2 Å². The van der Waals surface area contributed by atoms with E-state index in [1.807, 2.05) is 24.3 Å². The second-order valence-corrected chi connectivity index (χ2v) is 7.72. The molecule has 2 aromatic heterocycles. The standard InChI is InChI=1S/C24H27N5O2/c30-22(17-29-12-9-18-5-1-2-6-20(18)16-29)15-28-24(31)19-8-11-26-23(13-19)27-14-21-7-3-4-10-25-21/h1-8,10-11,13,22,30H,9,12,14-17H2,(H,26,27)(H,28,31). The topological polar surface area (TPSA) is 90.4 Å². The minimum absolute atomic E-state index is 0.204. The van der Waals surface area contributed by atoms with Crippen LogP contribution in [0.2, 0.25) is 0 Å². The summed E-state index contributed by atoms with van der Waals surface area (Å²) in [6.07, 6.45) is 3.69. The van der Waals surface area contributed by atoms with Crippen molar-refractivity contribution in [2.75, 3.05) is 25.0 Å². The molecule has 3 heterocycles. The first-order chi connectivity index (χ1) is 15.2. The van der Waals surface area contributed by atoms with E-state index in [1.54, 1.807) is 24.5 Å². The van der Waals surface area contributed by atoms with Gasteiger partial charge in [0.2, 0.25) is 0 Å². The molecule has 1 aliphatic rings. The van der Waals surface area contributed by atoms with E-state index in [2.05, 4.69) is 43.7 Å². The summed E-state index contributed by atoms with van der Waals surface area (Å²) >= 11 is 0. The monoisotopic (exact) mass is 417 g/mol. The second-order valence-electron chi connectivity index (χ2n) is 7.72. The van der Waals surface area contributed by atoms with E-state index in [0.717, 1.165) is 25.2 Å². The smallest absolute Gasteiger partial charge is 0.251 e. The molecule has 0 saturated heterocycles. The van der Waals surface area contributed by atoms with Crippen LogP contribution in [0.25, 0.3) is 0 Å². The number of aromatic nitrogens is 2. The lowest BCUT2D eigenvalue weighted by Crippen LogP contribution is -2.42. The van der Waals surface area contributed by atoms with Crippen molar-refractivity contribution >= 4 is 11.7 Å². The van der Waals surface area contributed by atoms with Crippen LogP contribution in [0.5, 0.6) is 0 Å². The summed E-state index contributed by atoms with van der Waals surface area (Å²) in [6, 6.07) is 17.5. The van der Waals surface area contributed by atoms with E-state index < -0.39 is 6.10 Å². The molecule has 3 N–H and O–H groups in total. The number of benzene rings is 1. The lowest BCUT2D eigenvalue weighted by atomic mass is 10.00. The lowest BCUT2D eigenvalue weighted by Gasteiger charge is -2.30. The number of hydrogen-bond donors (Lipinski definition) is 3. The summed E-state index contributed by atoms with van der Waals surface area (Å²) in [6.45, 7) is 3.00. The van der Waals surface area contributed by atoms with Crippen LogP contribution in [0.15, 0.2) is 67.0 Å². The minimum atomic E-state index is -0.627. The Labute approximate surface area is 182 Å². The minimum Gasteiger partial charge on any atom is -0.390 e. The van der Waals surface area contributed by atoms with E-state index in [9.17, 15) is 9.90 Å². The highest BCUT2D eigenvalue weighted by Crippen LogP contribution is 2.18. The number of amides is 1. The van der Waals surface area contributed by atoms with E-state index in [4.69, 9.17) is 0 Å². The van der Waals surface area contributed by atoms with Crippen LogP contribution in [-0.4, -0.2) is 51.6 Å². The van der Waals surface area contributed by atoms with Crippen LogP contribution in [0.3, 0.4) is 0 Å². The van der Waals surface area contributed by atoms with Crippen LogP contribution in [0, 0.1) is 0 Å². The number of carbonyl (C=O) groups excluding carboxylic acids is 1. The fourth-order valence-electron chi connectivity index (χ4n) is 3.74. The first-order valence-electron chi connectivity index (χ1n) is 10.5. The number of rotatable bonds is 8. The quantitative estimate of drug-likeness (QED) is 0.521. The third kappa shape index (κ3) is 5.87. The molecule has 4 rings (SSSR count). The zero-order valence-electron chi connectivity index (χ0n) is 17.4. The molecule has 7 heteroatoms. The molecular formula is C24H27N5O2. The van der Waals surface area contributed by atoms with Crippen LogP contribution >= 0.6 is 0 Å². The average Bonchev–Trinajstić information content (AvgIpc) is 2.82. The fraction of sp³-hybridized carbons (Fsp3) is 0.292. The Balaban J connectivity index is 1.25. The van der Waals surface area contributed by atoms with Gasteiger partial charge in [0.05, 0.1) is 18.3 Å². The number of aliphatic hydroxyl groups excluding tert-OH is 1. The highest BCUT2D eigenvalue weighted by molar-refractivity contribution is 5.94. The van der Waals surface area contributed by atoms with Crippen molar-refractivity contribution in [3.8, 4) is 0 Å². The summed E-state index contributed by atoms with van der Waals surface area (Å²) in [7, 11) is 0. The maximum Gasteiger partial charge on any atom is 0.251 e. The molecular weight excluding hydrogens is 390 g/mol. The fourth-order valence-corrected chi connectivity index (χ4v) is 3.74. The number of nitrogens with one attached hydrogen (secondary N) is 2. The van der Waals surface area contributed by atoms with Gasteiger partial charge < -0.3 is 15.7 Å². The largest absolute Gasteiger partial charge is 0.390 e. The maximum absolute atomic E-state index is 12.5. The molecule has 7 nitrogen and oxygen atoms in total. The van der Waals surface area contributed by atoms with E-state index in [-0.39, 0.29) is 12.5 Å². The first-order valence-corrected chi connectivity index (χ1v) is 10.5. The summed E-state index contributed by atoms with van der Waals surface area (Å²) < 4.78 is 0. The highest BCUT2D eigenvalue weighted by Gasteiger charge is 2.19.